The largest absolute Gasteiger partial charge is 0.480 e. The maximum atomic E-state index is 12.9. The molecule has 4 atom stereocenters. The van der Waals surface area contributed by atoms with E-state index in [1.54, 1.807) is 0 Å². The third-order valence-corrected chi connectivity index (χ3v) is 5.24. The van der Waals surface area contributed by atoms with Gasteiger partial charge in [-0.25, -0.2) is 4.79 Å². The lowest BCUT2D eigenvalue weighted by Crippen LogP contribution is -2.58. The van der Waals surface area contributed by atoms with Crippen molar-refractivity contribution in [3.05, 3.63) is 0 Å². The van der Waals surface area contributed by atoms with Crippen molar-refractivity contribution in [3.63, 3.8) is 0 Å². The lowest BCUT2D eigenvalue weighted by atomic mass is 10.1. The number of aliphatic hydroxyl groups excluding tert-OH is 1. The summed E-state index contributed by atoms with van der Waals surface area (Å²) >= 11 is 0. The maximum Gasteiger partial charge on any atom is 0.326 e. The van der Waals surface area contributed by atoms with Crippen molar-refractivity contribution < 1.29 is 34.2 Å². The molecule has 32 heavy (non-hydrogen) atoms. The minimum absolute atomic E-state index is 0.159. The first-order valence-electron chi connectivity index (χ1n) is 10.6. The molecule has 0 bridgehead atoms. The number of carbonyl (C=O) groups is 5. The van der Waals surface area contributed by atoms with Gasteiger partial charge >= 0.3 is 5.97 Å². The second kappa shape index (κ2) is 13.6. The summed E-state index contributed by atoms with van der Waals surface area (Å²) in [4.78, 5) is 61.5. The van der Waals surface area contributed by atoms with Crippen molar-refractivity contribution in [1.82, 2.24) is 15.5 Å². The average Bonchev–Trinajstić information content (AvgIpc) is 3.24. The Kier molecular flexibility index (Phi) is 11.6. The fraction of sp³-hybridized carbons (Fsp3) is 0.737. The molecular formula is C19H34N6O7. The van der Waals surface area contributed by atoms with Crippen LogP contribution >= 0.6 is 0 Å². The molecule has 4 unspecified atom stereocenters. The highest BCUT2D eigenvalue weighted by atomic mass is 16.4. The maximum absolute atomic E-state index is 12.9. The molecule has 0 saturated carbocycles. The van der Waals surface area contributed by atoms with Crippen molar-refractivity contribution in [2.24, 2.45) is 17.2 Å². The summed E-state index contributed by atoms with van der Waals surface area (Å²) in [5.74, 6) is -4.07. The molecule has 0 aromatic rings. The average molecular weight is 459 g/mol. The first-order valence-corrected chi connectivity index (χ1v) is 10.6. The predicted molar refractivity (Wildman–Crippen MR) is 113 cm³/mol. The van der Waals surface area contributed by atoms with Crippen molar-refractivity contribution in [1.29, 1.82) is 0 Å². The molecular weight excluding hydrogens is 424 g/mol. The molecule has 0 aliphatic carbocycles. The fourth-order valence-electron chi connectivity index (χ4n) is 3.42. The van der Waals surface area contributed by atoms with Crippen LogP contribution in [0.2, 0.25) is 0 Å². The molecule has 1 rings (SSSR count). The second-order valence-corrected chi connectivity index (χ2v) is 7.73. The second-order valence-electron chi connectivity index (χ2n) is 7.73. The number of aliphatic carboxylic acids is 1. The minimum atomic E-state index is -1.39. The third kappa shape index (κ3) is 8.40. The van der Waals surface area contributed by atoms with E-state index in [0.29, 0.717) is 32.2 Å². The van der Waals surface area contributed by atoms with Crippen molar-refractivity contribution in [2.75, 3.05) is 19.7 Å². The normalized spacial score (nSPS) is 18.5. The Bertz CT molecular complexity index is 689. The smallest absolute Gasteiger partial charge is 0.326 e. The van der Waals surface area contributed by atoms with Crippen molar-refractivity contribution >= 4 is 29.6 Å². The molecule has 13 nitrogen and oxygen atoms in total. The van der Waals surface area contributed by atoms with Gasteiger partial charge in [-0.3, -0.25) is 19.2 Å². The number of nitrogens with two attached hydrogens (primary N) is 3. The molecule has 182 valence electrons. The third-order valence-electron chi connectivity index (χ3n) is 5.24. The SMILES string of the molecule is NCCCCC(N)C(=O)NC(CO)C(=O)NC(CCC(N)=O)C(=O)N1CCCC1C(=O)O. The van der Waals surface area contributed by atoms with Gasteiger partial charge in [0.2, 0.25) is 23.6 Å². The number of unbranched alkanes of at least 4 members (excludes halogenated alkanes) is 1. The number of aliphatic hydroxyl groups is 1. The number of primary amides is 1. The molecule has 0 aromatic carbocycles. The molecule has 0 aromatic heterocycles. The zero-order valence-electron chi connectivity index (χ0n) is 18.0. The summed E-state index contributed by atoms with van der Waals surface area (Å²) in [6.07, 6.45) is 2.01. The minimum Gasteiger partial charge on any atom is -0.480 e. The van der Waals surface area contributed by atoms with E-state index in [0.717, 1.165) is 4.90 Å². The van der Waals surface area contributed by atoms with Crippen LogP contribution in [0.5, 0.6) is 0 Å². The number of likely N-dealkylation sites (tertiary alicyclic amines) is 1. The van der Waals surface area contributed by atoms with Crippen molar-refractivity contribution in [2.45, 2.75) is 69.1 Å². The number of nitrogens with one attached hydrogen (secondary N) is 2. The predicted octanol–water partition coefficient (Wildman–Crippen LogP) is -3.25. The van der Waals surface area contributed by atoms with Crippen molar-refractivity contribution in [3.8, 4) is 0 Å². The van der Waals surface area contributed by atoms with Gasteiger partial charge in [-0.1, -0.05) is 6.42 Å². The first-order chi connectivity index (χ1) is 15.1. The number of hydrogen-bond donors (Lipinski definition) is 7. The molecule has 13 heteroatoms. The number of carbonyl (C=O) groups excluding carboxylic acids is 4. The zero-order chi connectivity index (χ0) is 24.3. The number of rotatable bonds is 14. The monoisotopic (exact) mass is 458 g/mol. The standard InChI is InChI=1S/C19H34N6O7/c20-8-2-1-4-11(21)16(28)24-13(10-26)17(29)23-12(6-7-15(22)27)18(30)25-9-3-5-14(25)19(31)32/h11-14,26H,1-10,20-21H2,(H2,22,27)(H,23,29)(H,24,28)(H,31,32). The van der Waals surface area contributed by atoms with E-state index < -0.39 is 60.4 Å². The van der Waals surface area contributed by atoms with Gasteiger partial charge in [-0.2, -0.15) is 0 Å². The van der Waals surface area contributed by atoms with Crippen LogP contribution in [-0.4, -0.2) is 88.6 Å². The molecule has 10 N–H and O–H groups in total. The van der Waals surface area contributed by atoms with Gasteiger partial charge < -0.3 is 42.9 Å². The number of nitrogens with zero attached hydrogens (tertiary/aromatic N) is 1. The van der Waals surface area contributed by atoms with Gasteiger partial charge in [0.1, 0.15) is 18.1 Å². The molecule has 0 spiro atoms. The summed E-state index contributed by atoms with van der Waals surface area (Å²) < 4.78 is 0. The van der Waals surface area contributed by atoms with Crippen LogP contribution < -0.4 is 27.8 Å². The van der Waals surface area contributed by atoms with E-state index in [2.05, 4.69) is 10.6 Å². The first kappa shape index (κ1) is 27.3. The van der Waals surface area contributed by atoms with E-state index in [9.17, 15) is 34.2 Å². The van der Waals surface area contributed by atoms with Gasteiger partial charge in [0.05, 0.1) is 12.6 Å². The number of carboxylic acids is 1. The topological polar surface area (TPSA) is 231 Å². The summed E-state index contributed by atoms with van der Waals surface area (Å²) in [5.41, 5.74) is 16.3. The van der Waals surface area contributed by atoms with Crippen LogP contribution in [0.15, 0.2) is 0 Å². The van der Waals surface area contributed by atoms with Gasteiger partial charge in [0.25, 0.3) is 0 Å². The van der Waals surface area contributed by atoms with Gasteiger partial charge in [0.15, 0.2) is 0 Å². The Hall–Kier alpha value is -2.77. The Morgan fingerprint density at radius 3 is 2.25 bits per heavy atom. The Morgan fingerprint density at radius 1 is 1.03 bits per heavy atom. The quantitative estimate of drug-likeness (QED) is 0.129. The van der Waals surface area contributed by atoms with E-state index in [1.807, 2.05) is 0 Å². The zero-order valence-corrected chi connectivity index (χ0v) is 18.0. The van der Waals surface area contributed by atoms with E-state index in [1.165, 1.54) is 0 Å². The highest BCUT2D eigenvalue weighted by molar-refractivity contribution is 5.94. The van der Waals surface area contributed by atoms with E-state index in [4.69, 9.17) is 17.2 Å². The lowest BCUT2D eigenvalue weighted by molar-refractivity contribution is -0.149. The van der Waals surface area contributed by atoms with Crippen LogP contribution in [0.3, 0.4) is 0 Å². The van der Waals surface area contributed by atoms with Gasteiger partial charge in [-0.15, -0.1) is 0 Å². The van der Waals surface area contributed by atoms with E-state index in [-0.39, 0.29) is 25.8 Å². The summed E-state index contributed by atoms with van der Waals surface area (Å²) in [6.45, 7) is -0.113. The molecule has 1 aliphatic rings. The molecule has 1 fully saturated rings. The summed E-state index contributed by atoms with van der Waals surface area (Å²) in [7, 11) is 0. The summed E-state index contributed by atoms with van der Waals surface area (Å²) in [6, 6.07) is -4.58. The van der Waals surface area contributed by atoms with Gasteiger partial charge in [-0.05, 0) is 38.6 Å². The fourth-order valence-corrected chi connectivity index (χ4v) is 3.42. The van der Waals surface area contributed by atoms with Crippen LogP contribution in [0.25, 0.3) is 0 Å². The number of amides is 4. The number of hydrogen-bond acceptors (Lipinski definition) is 8. The highest BCUT2D eigenvalue weighted by Gasteiger charge is 2.38. The lowest BCUT2D eigenvalue weighted by Gasteiger charge is -2.28. The van der Waals surface area contributed by atoms with Gasteiger partial charge in [0, 0.05) is 13.0 Å². The molecule has 1 heterocycles. The molecule has 0 radical (unpaired) electrons. The summed E-state index contributed by atoms with van der Waals surface area (Å²) in [5, 5.41) is 23.6. The molecule has 4 amide bonds. The molecule has 1 saturated heterocycles. The van der Waals surface area contributed by atoms with Crippen LogP contribution in [-0.2, 0) is 24.0 Å². The number of carboxylic acid groups (broad SMARTS) is 1. The highest BCUT2D eigenvalue weighted by Crippen LogP contribution is 2.19. The Morgan fingerprint density at radius 2 is 1.69 bits per heavy atom. The van der Waals surface area contributed by atoms with E-state index >= 15 is 0 Å². The molecule has 1 aliphatic heterocycles. The van der Waals surface area contributed by atoms with Crippen LogP contribution in [0.4, 0.5) is 0 Å². The Labute approximate surface area is 186 Å². The Balaban J connectivity index is 2.84. The van der Waals surface area contributed by atoms with Crippen LogP contribution in [0, 0.1) is 0 Å². The van der Waals surface area contributed by atoms with Crippen LogP contribution in [0.1, 0.15) is 44.9 Å².